The van der Waals surface area contributed by atoms with Gasteiger partial charge in [-0.25, -0.2) is 4.98 Å². The third kappa shape index (κ3) is 4.44. The van der Waals surface area contributed by atoms with Gasteiger partial charge in [0.25, 0.3) is 5.91 Å². The van der Waals surface area contributed by atoms with Gasteiger partial charge in [-0.1, -0.05) is 0 Å². The summed E-state index contributed by atoms with van der Waals surface area (Å²) in [6.07, 6.45) is -5.81. The fraction of sp³-hybridized carbons (Fsp3) is 0.125. The van der Waals surface area contributed by atoms with E-state index in [0.717, 1.165) is 11.3 Å². The zero-order chi connectivity index (χ0) is 20.5. The van der Waals surface area contributed by atoms with Crippen molar-refractivity contribution in [2.24, 2.45) is 0 Å². The first kappa shape index (κ1) is 19.7. The van der Waals surface area contributed by atoms with Crippen molar-refractivity contribution in [2.75, 3.05) is 5.32 Å². The van der Waals surface area contributed by atoms with Crippen molar-refractivity contribution in [3.05, 3.63) is 59.0 Å². The molecule has 0 fully saturated rings. The van der Waals surface area contributed by atoms with Gasteiger partial charge in [-0.3, -0.25) is 14.8 Å². The fourth-order valence-electron chi connectivity index (χ4n) is 2.13. The van der Waals surface area contributed by atoms with Crippen LogP contribution in [0.2, 0.25) is 0 Å². The molecule has 0 radical (unpaired) electrons. The highest BCUT2D eigenvalue weighted by Crippen LogP contribution is 2.37. The molecule has 28 heavy (non-hydrogen) atoms. The van der Waals surface area contributed by atoms with Crippen LogP contribution in [-0.2, 0) is 12.4 Å². The molecule has 0 atom stereocenters. The van der Waals surface area contributed by atoms with Gasteiger partial charge in [0.1, 0.15) is 16.4 Å². The summed E-state index contributed by atoms with van der Waals surface area (Å²) in [4.78, 5) is 24.0. The quantitative estimate of drug-likeness (QED) is 0.615. The van der Waals surface area contributed by atoms with Crippen molar-refractivity contribution in [2.45, 2.75) is 12.4 Å². The molecule has 0 bridgehead atoms. The first-order chi connectivity index (χ1) is 13.0. The van der Waals surface area contributed by atoms with Gasteiger partial charge >= 0.3 is 12.4 Å². The molecule has 0 aliphatic heterocycles. The van der Waals surface area contributed by atoms with Crippen molar-refractivity contribution >= 4 is 22.9 Å². The maximum atomic E-state index is 12.9. The molecule has 1 amide bonds. The Morgan fingerprint density at radius 1 is 0.964 bits per heavy atom. The fourth-order valence-corrected chi connectivity index (χ4v) is 2.89. The molecule has 2 aromatic heterocycles. The van der Waals surface area contributed by atoms with Gasteiger partial charge in [0.15, 0.2) is 0 Å². The lowest BCUT2D eigenvalue weighted by atomic mass is 10.1. The van der Waals surface area contributed by atoms with E-state index >= 15 is 0 Å². The normalized spacial score (nSPS) is 12.1. The first-order valence-electron chi connectivity index (χ1n) is 7.37. The summed E-state index contributed by atoms with van der Waals surface area (Å²) < 4.78 is 77.3. The third-order valence-corrected chi connectivity index (χ3v) is 4.23. The number of nitrogens with one attached hydrogen (secondary N) is 1. The first-order valence-corrected chi connectivity index (χ1v) is 8.25. The molecule has 3 rings (SSSR count). The molecular formula is C16H8F6N4OS. The summed E-state index contributed by atoms with van der Waals surface area (Å²) >= 11 is 1.02. The number of hydrogen-bond donors (Lipinski definition) is 1. The minimum atomic E-state index is -5.01. The number of aromatic nitrogens is 3. The minimum absolute atomic E-state index is 0.0231. The predicted octanol–water partition coefficient (Wildman–Crippen LogP) is 4.89. The topological polar surface area (TPSA) is 67.8 Å². The predicted molar refractivity (Wildman–Crippen MR) is 87.5 cm³/mol. The Morgan fingerprint density at radius 3 is 2.14 bits per heavy atom. The second-order valence-corrected chi connectivity index (χ2v) is 6.24. The molecule has 1 N–H and O–H groups in total. The van der Waals surface area contributed by atoms with Crippen LogP contribution in [0, 0.1) is 0 Å². The SMILES string of the molecule is O=C(Nc1cc(C(F)(F)F)cc(C(F)(F)F)c1)c1csc(-c2cnccn2)n1. The maximum Gasteiger partial charge on any atom is 0.416 e. The standard InChI is InChI=1S/C16H8F6N4OS/c17-15(18,19)8-3-9(16(20,21)22)5-10(4-8)25-13(27)12-7-28-14(26-12)11-6-23-1-2-24-11/h1-7H,(H,25,27). The summed E-state index contributed by atoms with van der Waals surface area (Å²) in [6, 6.07) is 0.816. The van der Waals surface area contributed by atoms with Crippen LogP contribution in [0.3, 0.4) is 0 Å². The van der Waals surface area contributed by atoms with Crippen LogP contribution in [0.25, 0.3) is 10.7 Å². The van der Waals surface area contributed by atoms with Gasteiger partial charge in [-0.2, -0.15) is 26.3 Å². The van der Waals surface area contributed by atoms with Crippen LogP contribution in [0.1, 0.15) is 21.6 Å². The number of nitrogens with zero attached hydrogens (tertiary/aromatic N) is 3. The molecule has 3 aromatic rings. The minimum Gasteiger partial charge on any atom is -0.321 e. The summed E-state index contributed by atoms with van der Waals surface area (Å²) in [6.45, 7) is 0. The molecular weight excluding hydrogens is 410 g/mol. The number of halogens is 6. The number of benzene rings is 1. The average Bonchev–Trinajstić information content (AvgIpc) is 3.11. The van der Waals surface area contributed by atoms with E-state index in [0.29, 0.717) is 22.8 Å². The molecule has 1 aromatic carbocycles. The lowest BCUT2D eigenvalue weighted by Gasteiger charge is -2.14. The lowest BCUT2D eigenvalue weighted by molar-refractivity contribution is -0.143. The number of hydrogen-bond acceptors (Lipinski definition) is 5. The van der Waals surface area contributed by atoms with Crippen molar-refractivity contribution < 1.29 is 31.1 Å². The van der Waals surface area contributed by atoms with E-state index in [-0.39, 0.29) is 11.8 Å². The van der Waals surface area contributed by atoms with Crippen LogP contribution in [0.15, 0.2) is 42.2 Å². The van der Waals surface area contributed by atoms with Crippen LogP contribution in [0.4, 0.5) is 32.0 Å². The Labute approximate surface area is 157 Å². The molecule has 2 heterocycles. The van der Waals surface area contributed by atoms with Crippen molar-refractivity contribution in [3.63, 3.8) is 0 Å². The van der Waals surface area contributed by atoms with Crippen molar-refractivity contribution in [1.29, 1.82) is 0 Å². The van der Waals surface area contributed by atoms with E-state index in [2.05, 4.69) is 15.0 Å². The van der Waals surface area contributed by atoms with E-state index in [1.165, 1.54) is 24.0 Å². The van der Waals surface area contributed by atoms with E-state index in [1.807, 2.05) is 5.32 Å². The van der Waals surface area contributed by atoms with Crippen LogP contribution < -0.4 is 5.32 Å². The Bertz CT molecular complexity index is 968. The third-order valence-electron chi connectivity index (χ3n) is 3.36. The summed E-state index contributed by atoms with van der Waals surface area (Å²) in [5.41, 5.74) is -3.53. The van der Waals surface area contributed by atoms with E-state index in [9.17, 15) is 31.1 Å². The van der Waals surface area contributed by atoms with Crippen LogP contribution in [-0.4, -0.2) is 20.9 Å². The zero-order valence-electron chi connectivity index (χ0n) is 13.5. The number of thiazole rings is 1. The van der Waals surface area contributed by atoms with Gasteiger partial charge in [-0.15, -0.1) is 11.3 Å². The Morgan fingerprint density at radius 2 is 1.61 bits per heavy atom. The molecule has 0 aliphatic rings. The highest BCUT2D eigenvalue weighted by molar-refractivity contribution is 7.13. The highest BCUT2D eigenvalue weighted by Gasteiger charge is 2.37. The van der Waals surface area contributed by atoms with Gasteiger partial charge < -0.3 is 5.32 Å². The molecule has 12 heteroatoms. The number of anilines is 1. The number of amides is 1. The average molecular weight is 418 g/mol. The van der Waals surface area contributed by atoms with Gasteiger partial charge in [-0.05, 0) is 18.2 Å². The second-order valence-electron chi connectivity index (χ2n) is 5.38. The maximum absolute atomic E-state index is 12.9. The molecule has 0 spiro atoms. The van der Waals surface area contributed by atoms with Crippen LogP contribution in [0.5, 0.6) is 0 Å². The van der Waals surface area contributed by atoms with Gasteiger partial charge in [0.2, 0.25) is 0 Å². The lowest BCUT2D eigenvalue weighted by Crippen LogP contribution is -2.16. The van der Waals surface area contributed by atoms with Gasteiger partial charge in [0.05, 0.1) is 17.3 Å². The smallest absolute Gasteiger partial charge is 0.321 e. The molecule has 0 unspecified atom stereocenters. The molecule has 5 nitrogen and oxygen atoms in total. The molecule has 0 aliphatic carbocycles. The zero-order valence-corrected chi connectivity index (χ0v) is 14.3. The number of carbonyl (C=O) groups excluding carboxylic acids is 1. The van der Waals surface area contributed by atoms with Crippen molar-refractivity contribution in [3.8, 4) is 10.7 Å². The van der Waals surface area contributed by atoms with Gasteiger partial charge in [0, 0.05) is 23.5 Å². The number of alkyl halides is 6. The molecule has 146 valence electrons. The van der Waals surface area contributed by atoms with E-state index < -0.39 is 35.1 Å². The van der Waals surface area contributed by atoms with Crippen LogP contribution >= 0.6 is 11.3 Å². The number of carbonyl (C=O) groups is 1. The number of rotatable bonds is 3. The van der Waals surface area contributed by atoms with E-state index in [1.54, 1.807) is 0 Å². The Hall–Kier alpha value is -3.02. The Kier molecular flexibility index (Phi) is 5.06. The summed E-state index contributed by atoms with van der Waals surface area (Å²) in [5.74, 6) is -0.959. The molecule has 0 saturated carbocycles. The second kappa shape index (κ2) is 7.19. The largest absolute Gasteiger partial charge is 0.416 e. The summed E-state index contributed by atoms with van der Waals surface area (Å²) in [7, 11) is 0. The summed E-state index contributed by atoms with van der Waals surface area (Å²) in [5, 5.41) is 3.64. The highest BCUT2D eigenvalue weighted by atomic mass is 32.1. The van der Waals surface area contributed by atoms with E-state index in [4.69, 9.17) is 0 Å². The molecule has 0 saturated heterocycles. The monoisotopic (exact) mass is 418 g/mol. The Balaban J connectivity index is 1.89. The van der Waals surface area contributed by atoms with Crippen molar-refractivity contribution in [1.82, 2.24) is 15.0 Å².